The largest absolute Gasteiger partial charge is 0.375 e. The molecule has 4 nitrogen and oxygen atoms in total. The van der Waals surface area contributed by atoms with Crippen LogP contribution in [-0.4, -0.2) is 43.7 Å². The average Bonchev–Trinajstić information content (AvgIpc) is 2.49. The molecule has 0 aliphatic carbocycles. The third kappa shape index (κ3) is 4.66. The maximum Gasteiger partial charge on any atom is 0.248 e. The smallest absolute Gasteiger partial charge is 0.248 e. The molecule has 0 aromatic heterocycles. The molecule has 1 aliphatic rings. The quantitative estimate of drug-likeness (QED) is 0.906. The summed E-state index contributed by atoms with van der Waals surface area (Å²) in [6.07, 6.45) is 1.72. The fraction of sp³-hybridized carbons (Fsp3) is 0.533. The number of benzene rings is 1. The van der Waals surface area contributed by atoms with Gasteiger partial charge in [0.15, 0.2) is 0 Å². The number of likely N-dealkylation sites (tertiary alicyclic amines) is 1. The van der Waals surface area contributed by atoms with Gasteiger partial charge in [0, 0.05) is 43.4 Å². The van der Waals surface area contributed by atoms with E-state index < -0.39 is 0 Å². The number of hydrogen-bond donors (Lipinski definition) is 1. The Hall–Kier alpha value is -1.17. The maximum atomic E-state index is 13.6. The van der Waals surface area contributed by atoms with E-state index in [-0.39, 0.29) is 24.4 Å². The zero-order chi connectivity index (χ0) is 15.2. The second-order valence-electron chi connectivity index (χ2n) is 5.20. The lowest BCUT2D eigenvalue weighted by atomic mass is 10.0. The van der Waals surface area contributed by atoms with E-state index in [2.05, 4.69) is 5.32 Å². The van der Waals surface area contributed by atoms with Crippen LogP contribution in [0.4, 0.5) is 4.39 Å². The van der Waals surface area contributed by atoms with Crippen molar-refractivity contribution >= 4 is 17.5 Å². The third-order valence-corrected chi connectivity index (χ3v) is 3.94. The van der Waals surface area contributed by atoms with E-state index in [9.17, 15) is 9.18 Å². The van der Waals surface area contributed by atoms with Gasteiger partial charge in [-0.15, -0.1) is 0 Å². The zero-order valence-electron chi connectivity index (χ0n) is 12.1. The van der Waals surface area contributed by atoms with Crippen molar-refractivity contribution in [2.75, 3.05) is 26.8 Å². The first-order valence-corrected chi connectivity index (χ1v) is 7.42. The maximum absolute atomic E-state index is 13.6. The Morgan fingerprint density at radius 1 is 1.48 bits per heavy atom. The Bertz CT molecular complexity index is 491. The summed E-state index contributed by atoms with van der Waals surface area (Å²) in [5.41, 5.74) is 0.570. The van der Waals surface area contributed by atoms with E-state index in [1.165, 1.54) is 13.2 Å². The normalized spacial score (nSPS) is 16.2. The predicted octanol–water partition coefficient (Wildman–Crippen LogP) is 2.21. The molecule has 0 saturated carbocycles. The van der Waals surface area contributed by atoms with Crippen LogP contribution in [-0.2, 0) is 16.1 Å². The first kappa shape index (κ1) is 16.2. The summed E-state index contributed by atoms with van der Waals surface area (Å²) in [7, 11) is 1.52. The number of piperidine rings is 1. The number of methoxy groups -OCH3 is 1. The van der Waals surface area contributed by atoms with Crippen molar-refractivity contribution in [1.82, 2.24) is 10.2 Å². The average molecular weight is 315 g/mol. The van der Waals surface area contributed by atoms with Crippen LogP contribution in [0.3, 0.4) is 0 Å². The van der Waals surface area contributed by atoms with Crippen molar-refractivity contribution < 1.29 is 13.9 Å². The van der Waals surface area contributed by atoms with Crippen LogP contribution in [0.15, 0.2) is 18.2 Å². The molecule has 1 heterocycles. The topological polar surface area (TPSA) is 41.6 Å². The van der Waals surface area contributed by atoms with E-state index in [0.717, 1.165) is 12.8 Å². The van der Waals surface area contributed by atoms with Gasteiger partial charge in [-0.2, -0.15) is 0 Å². The highest BCUT2D eigenvalue weighted by molar-refractivity contribution is 6.30. The van der Waals surface area contributed by atoms with Crippen LogP contribution in [0.2, 0.25) is 5.02 Å². The van der Waals surface area contributed by atoms with Crippen LogP contribution in [0.25, 0.3) is 0 Å². The summed E-state index contributed by atoms with van der Waals surface area (Å²) < 4.78 is 18.5. The lowest BCUT2D eigenvalue weighted by Crippen LogP contribution is -2.45. The van der Waals surface area contributed by atoms with Gasteiger partial charge in [0.2, 0.25) is 5.91 Å². The van der Waals surface area contributed by atoms with E-state index in [4.69, 9.17) is 16.3 Å². The Morgan fingerprint density at radius 3 is 2.86 bits per heavy atom. The SMILES string of the molecule is COCC(=O)N1CCC(NCc2cc(Cl)ccc2F)CC1. The van der Waals surface area contributed by atoms with Gasteiger partial charge in [-0.05, 0) is 31.0 Å². The van der Waals surface area contributed by atoms with Crippen LogP contribution >= 0.6 is 11.6 Å². The Balaban J connectivity index is 1.79. The molecule has 1 aromatic carbocycles. The molecule has 1 fully saturated rings. The molecule has 0 bridgehead atoms. The van der Waals surface area contributed by atoms with Gasteiger partial charge in [0.1, 0.15) is 12.4 Å². The molecule has 1 aromatic rings. The minimum absolute atomic E-state index is 0.0248. The van der Waals surface area contributed by atoms with E-state index in [0.29, 0.717) is 30.2 Å². The van der Waals surface area contributed by atoms with Crippen molar-refractivity contribution in [3.05, 3.63) is 34.6 Å². The zero-order valence-corrected chi connectivity index (χ0v) is 12.8. The van der Waals surface area contributed by atoms with Crippen molar-refractivity contribution in [1.29, 1.82) is 0 Å². The van der Waals surface area contributed by atoms with E-state index in [1.807, 2.05) is 4.90 Å². The number of halogens is 2. The molecule has 0 spiro atoms. The molecule has 116 valence electrons. The molecule has 2 rings (SSSR count). The predicted molar refractivity (Wildman–Crippen MR) is 79.7 cm³/mol. The van der Waals surface area contributed by atoms with Crippen molar-refractivity contribution in [2.24, 2.45) is 0 Å². The van der Waals surface area contributed by atoms with Gasteiger partial charge >= 0.3 is 0 Å². The first-order valence-electron chi connectivity index (χ1n) is 7.04. The van der Waals surface area contributed by atoms with Crippen molar-refractivity contribution in [2.45, 2.75) is 25.4 Å². The fourth-order valence-electron chi connectivity index (χ4n) is 2.48. The molecular weight excluding hydrogens is 295 g/mol. The summed E-state index contributed by atoms with van der Waals surface area (Å²) in [5, 5.41) is 3.86. The number of rotatable bonds is 5. The van der Waals surface area contributed by atoms with Crippen molar-refractivity contribution in [3.8, 4) is 0 Å². The summed E-state index contributed by atoms with van der Waals surface area (Å²) >= 11 is 5.87. The number of hydrogen-bond acceptors (Lipinski definition) is 3. The number of amides is 1. The standard InChI is InChI=1S/C15H20ClFN2O2/c1-21-10-15(20)19-6-4-13(5-7-19)18-9-11-8-12(16)2-3-14(11)17/h2-3,8,13,18H,4-7,9-10H2,1H3. The number of nitrogens with zero attached hydrogens (tertiary/aromatic N) is 1. The van der Waals surface area contributed by atoms with Gasteiger partial charge in [0.05, 0.1) is 0 Å². The molecule has 1 amide bonds. The van der Waals surface area contributed by atoms with Gasteiger partial charge in [-0.3, -0.25) is 4.79 Å². The highest BCUT2D eigenvalue weighted by Gasteiger charge is 2.22. The summed E-state index contributed by atoms with van der Waals surface area (Å²) in [4.78, 5) is 13.5. The molecule has 1 N–H and O–H groups in total. The number of carbonyl (C=O) groups excluding carboxylic acids is 1. The Kier molecular flexibility index (Phi) is 5.96. The molecule has 0 atom stereocenters. The molecular formula is C15H20ClFN2O2. The van der Waals surface area contributed by atoms with Gasteiger partial charge in [-0.1, -0.05) is 11.6 Å². The fourth-order valence-corrected chi connectivity index (χ4v) is 2.68. The lowest BCUT2D eigenvalue weighted by molar-refractivity contribution is -0.136. The number of nitrogens with one attached hydrogen (secondary N) is 1. The molecule has 0 unspecified atom stereocenters. The minimum atomic E-state index is -0.250. The summed E-state index contributed by atoms with van der Waals surface area (Å²) in [6, 6.07) is 4.85. The lowest BCUT2D eigenvalue weighted by Gasteiger charge is -2.32. The molecule has 1 saturated heterocycles. The van der Waals surface area contributed by atoms with E-state index in [1.54, 1.807) is 12.1 Å². The highest BCUT2D eigenvalue weighted by atomic mass is 35.5. The second-order valence-corrected chi connectivity index (χ2v) is 5.64. The summed E-state index contributed by atoms with van der Waals surface area (Å²) in [5.74, 6) is -0.226. The van der Waals surface area contributed by atoms with Crippen LogP contribution in [0, 0.1) is 5.82 Å². The highest BCUT2D eigenvalue weighted by Crippen LogP contribution is 2.16. The van der Waals surface area contributed by atoms with Crippen LogP contribution < -0.4 is 5.32 Å². The van der Waals surface area contributed by atoms with Crippen LogP contribution in [0.5, 0.6) is 0 Å². The molecule has 21 heavy (non-hydrogen) atoms. The summed E-state index contributed by atoms with van der Waals surface area (Å²) in [6.45, 7) is 1.99. The van der Waals surface area contributed by atoms with Gasteiger partial charge < -0.3 is 15.0 Å². The molecule has 0 radical (unpaired) electrons. The van der Waals surface area contributed by atoms with Gasteiger partial charge in [-0.25, -0.2) is 4.39 Å². The van der Waals surface area contributed by atoms with E-state index >= 15 is 0 Å². The van der Waals surface area contributed by atoms with Crippen molar-refractivity contribution in [3.63, 3.8) is 0 Å². The number of ether oxygens (including phenoxy) is 1. The second kappa shape index (κ2) is 7.73. The minimum Gasteiger partial charge on any atom is -0.375 e. The van der Waals surface area contributed by atoms with Gasteiger partial charge in [0.25, 0.3) is 0 Å². The third-order valence-electron chi connectivity index (χ3n) is 3.70. The monoisotopic (exact) mass is 314 g/mol. The Labute approximate surface area is 129 Å². The molecule has 6 heteroatoms. The first-order chi connectivity index (χ1) is 10.1. The number of carbonyl (C=O) groups is 1. The Morgan fingerprint density at radius 2 is 2.19 bits per heavy atom. The molecule has 1 aliphatic heterocycles. The van der Waals surface area contributed by atoms with Crippen LogP contribution in [0.1, 0.15) is 18.4 Å².